The Balaban J connectivity index is 1.75. The number of rotatable bonds is 4. The second-order valence-electron chi connectivity index (χ2n) is 5.63. The fourth-order valence-corrected chi connectivity index (χ4v) is 2.54. The van der Waals surface area contributed by atoms with E-state index in [1.165, 1.54) is 0 Å². The number of aromatic nitrogens is 4. The van der Waals surface area contributed by atoms with E-state index in [1.54, 1.807) is 10.9 Å². The van der Waals surface area contributed by atoms with Crippen molar-refractivity contribution in [2.24, 2.45) is 7.05 Å². The molecular formula is C18H17N7. The van der Waals surface area contributed by atoms with Crippen LogP contribution in [0.1, 0.15) is 0 Å². The van der Waals surface area contributed by atoms with Crippen LogP contribution in [0.4, 0.5) is 29.0 Å². The molecule has 25 heavy (non-hydrogen) atoms. The third kappa shape index (κ3) is 3.07. The predicted molar refractivity (Wildman–Crippen MR) is 100 cm³/mol. The van der Waals surface area contributed by atoms with E-state index in [1.807, 2.05) is 61.6 Å². The predicted octanol–water partition coefficient (Wildman–Crippen LogP) is 3.43. The molecule has 0 amide bonds. The van der Waals surface area contributed by atoms with Crippen LogP contribution in [-0.2, 0) is 7.05 Å². The molecule has 124 valence electrons. The van der Waals surface area contributed by atoms with Gasteiger partial charge < -0.3 is 16.4 Å². The van der Waals surface area contributed by atoms with Crippen LogP contribution in [0.3, 0.4) is 0 Å². The fraction of sp³-hybridized carbons (Fsp3) is 0.0556. The molecule has 4 N–H and O–H groups in total. The normalized spacial score (nSPS) is 10.8. The van der Waals surface area contributed by atoms with E-state index in [9.17, 15) is 0 Å². The van der Waals surface area contributed by atoms with Crippen molar-refractivity contribution in [1.82, 2.24) is 19.7 Å². The minimum absolute atomic E-state index is 0.508. The Morgan fingerprint density at radius 3 is 2.48 bits per heavy atom. The standard InChI is InChI=1S/C18H17N7/c1-25-16(10-11-20-25)23-17-14-4-2-3-5-15(14)22-18(24-17)21-13-8-6-12(19)7-9-13/h2-11H,19H2,1H3,(H2,21,22,23,24). The number of aryl methyl sites for hydroxylation is 1. The molecule has 2 heterocycles. The number of anilines is 5. The van der Waals surface area contributed by atoms with Crippen molar-refractivity contribution in [3.63, 3.8) is 0 Å². The van der Waals surface area contributed by atoms with Crippen LogP contribution in [0.25, 0.3) is 10.9 Å². The highest BCUT2D eigenvalue weighted by Crippen LogP contribution is 2.26. The first kappa shape index (κ1) is 14.9. The molecule has 0 radical (unpaired) electrons. The Kier molecular flexibility index (Phi) is 3.66. The van der Waals surface area contributed by atoms with Gasteiger partial charge in [-0.15, -0.1) is 0 Å². The van der Waals surface area contributed by atoms with Gasteiger partial charge in [-0.2, -0.15) is 10.1 Å². The third-order valence-electron chi connectivity index (χ3n) is 3.84. The van der Waals surface area contributed by atoms with E-state index in [2.05, 4.69) is 25.7 Å². The van der Waals surface area contributed by atoms with Crippen molar-refractivity contribution in [2.75, 3.05) is 16.4 Å². The molecule has 2 aromatic heterocycles. The van der Waals surface area contributed by atoms with Crippen LogP contribution in [0.5, 0.6) is 0 Å². The van der Waals surface area contributed by atoms with Crippen LogP contribution in [0.2, 0.25) is 0 Å². The van der Waals surface area contributed by atoms with Crippen molar-refractivity contribution in [2.45, 2.75) is 0 Å². The maximum Gasteiger partial charge on any atom is 0.229 e. The molecule has 7 nitrogen and oxygen atoms in total. The lowest BCUT2D eigenvalue weighted by Crippen LogP contribution is -2.05. The first-order valence-corrected chi connectivity index (χ1v) is 7.83. The summed E-state index contributed by atoms with van der Waals surface area (Å²) in [6.07, 6.45) is 1.74. The summed E-state index contributed by atoms with van der Waals surface area (Å²) in [5.74, 6) is 2.07. The Morgan fingerprint density at radius 2 is 1.72 bits per heavy atom. The summed E-state index contributed by atoms with van der Waals surface area (Å²) in [5.41, 5.74) is 8.16. The van der Waals surface area contributed by atoms with Gasteiger partial charge in [-0.25, -0.2) is 4.98 Å². The van der Waals surface area contributed by atoms with Gasteiger partial charge in [-0.1, -0.05) is 12.1 Å². The van der Waals surface area contributed by atoms with Crippen LogP contribution in [-0.4, -0.2) is 19.7 Å². The van der Waals surface area contributed by atoms with Gasteiger partial charge in [0.2, 0.25) is 5.95 Å². The summed E-state index contributed by atoms with van der Waals surface area (Å²) in [4.78, 5) is 9.22. The highest BCUT2D eigenvalue weighted by molar-refractivity contribution is 5.91. The zero-order chi connectivity index (χ0) is 17.2. The molecule has 0 aliphatic rings. The number of fused-ring (bicyclic) bond motifs is 1. The Hall–Kier alpha value is -3.61. The Bertz CT molecular complexity index is 1020. The van der Waals surface area contributed by atoms with Gasteiger partial charge >= 0.3 is 0 Å². The number of hydrogen-bond acceptors (Lipinski definition) is 6. The first-order valence-electron chi connectivity index (χ1n) is 7.83. The molecule has 0 aliphatic carbocycles. The smallest absolute Gasteiger partial charge is 0.229 e. The van der Waals surface area contributed by atoms with Crippen molar-refractivity contribution in [3.8, 4) is 0 Å². The number of nitrogens with two attached hydrogens (primary N) is 1. The summed E-state index contributed by atoms with van der Waals surface area (Å²) < 4.78 is 1.75. The molecule has 0 saturated carbocycles. The quantitative estimate of drug-likeness (QED) is 0.496. The molecule has 0 saturated heterocycles. The number of nitrogens with zero attached hydrogens (tertiary/aromatic N) is 4. The number of benzene rings is 2. The molecule has 7 heteroatoms. The fourth-order valence-electron chi connectivity index (χ4n) is 2.54. The van der Waals surface area contributed by atoms with Gasteiger partial charge in [-0.05, 0) is 36.4 Å². The summed E-state index contributed by atoms with van der Waals surface area (Å²) >= 11 is 0. The van der Waals surface area contributed by atoms with E-state index in [-0.39, 0.29) is 0 Å². The maximum absolute atomic E-state index is 5.73. The molecule has 0 bridgehead atoms. The third-order valence-corrected chi connectivity index (χ3v) is 3.84. The molecule has 4 rings (SSSR count). The average molecular weight is 331 g/mol. The monoisotopic (exact) mass is 331 g/mol. The van der Waals surface area contributed by atoms with Gasteiger partial charge in [-0.3, -0.25) is 4.68 Å². The molecular weight excluding hydrogens is 314 g/mol. The number of para-hydroxylation sites is 1. The van der Waals surface area contributed by atoms with Crippen molar-refractivity contribution < 1.29 is 0 Å². The minimum atomic E-state index is 0.508. The summed E-state index contributed by atoms with van der Waals surface area (Å²) in [6.45, 7) is 0. The average Bonchev–Trinajstić information content (AvgIpc) is 3.02. The summed E-state index contributed by atoms with van der Waals surface area (Å²) in [5, 5.41) is 11.6. The van der Waals surface area contributed by atoms with Gasteiger partial charge in [0, 0.05) is 29.9 Å². The first-order chi connectivity index (χ1) is 12.2. The van der Waals surface area contributed by atoms with E-state index < -0.39 is 0 Å². The van der Waals surface area contributed by atoms with Crippen LogP contribution in [0.15, 0.2) is 60.8 Å². The SMILES string of the molecule is Cn1nccc1Nc1nc(Nc2ccc(N)cc2)nc2ccccc12. The summed E-state index contributed by atoms with van der Waals surface area (Å²) in [6, 6.07) is 17.2. The molecule has 4 aromatic rings. The number of hydrogen-bond donors (Lipinski definition) is 3. The second kappa shape index (κ2) is 6.12. The van der Waals surface area contributed by atoms with Crippen molar-refractivity contribution in [1.29, 1.82) is 0 Å². The van der Waals surface area contributed by atoms with Gasteiger partial charge in [0.1, 0.15) is 11.6 Å². The van der Waals surface area contributed by atoms with Crippen LogP contribution >= 0.6 is 0 Å². The Labute approximate surface area is 144 Å². The number of nitrogens with one attached hydrogen (secondary N) is 2. The van der Waals surface area contributed by atoms with Gasteiger partial charge in [0.25, 0.3) is 0 Å². The maximum atomic E-state index is 5.73. The molecule has 0 unspecified atom stereocenters. The Morgan fingerprint density at radius 1 is 0.920 bits per heavy atom. The molecule has 0 aliphatic heterocycles. The molecule has 0 fully saturated rings. The van der Waals surface area contributed by atoms with E-state index in [4.69, 9.17) is 5.73 Å². The lowest BCUT2D eigenvalue weighted by molar-refractivity contribution is 0.776. The van der Waals surface area contributed by atoms with Crippen LogP contribution < -0.4 is 16.4 Å². The lowest BCUT2D eigenvalue weighted by atomic mass is 10.2. The molecule has 0 atom stereocenters. The minimum Gasteiger partial charge on any atom is -0.399 e. The van der Waals surface area contributed by atoms with E-state index in [0.29, 0.717) is 17.5 Å². The van der Waals surface area contributed by atoms with Crippen LogP contribution in [0, 0.1) is 0 Å². The molecule has 0 spiro atoms. The highest BCUT2D eigenvalue weighted by atomic mass is 15.3. The second-order valence-corrected chi connectivity index (χ2v) is 5.63. The lowest BCUT2D eigenvalue weighted by Gasteiger charge is -2.12. The highest BCUT2D eigenvalue weighted by Gasteiger charge is 2.09. The zero-order valence-electron chi connectivity index (χ0n) is 13.6. The van der Waals surface area contributed by atoms with E-state index >= 15 is 0 Å². The summed E-state index contributed by atoms with van der Waals surface area (Å²) in [7, 11) is 1.87. The van der Waals surface area contributed by atoms with Crippen molar-refractivity contribution >= 4 is 39.9 Å². The van der Waals surface area contributed by atoms with E-state index in [0.717, 1.165) is 22.4 Å². The van der Waals surface area contributed by atoms with Crippen molar-refractivity contribution in [3.05, 3.63) is 60.8 Å². The number of nitrogen functional groups attached to an aromatic ring is 1. The molecule has 2 aromatic carbocycles. The largest absolute Gasteiger partial charge is 0.399 e. The van der Waals surface area contributed by atoms with Gasteiger partial charge in [0.05, 0.1) is 11.7 Å². The zero-order valence-corrected chi connectivity index (χ0v) is 13.6. The van der Waals surface area contributed by atoms with Gasteiger partial charge in [0.15, 0.2) is 0 Å². The topological polar surface area (TPSA) is 93.7 Å².